The Bertz CT molecular complexity index is 845. The lowest BCUT2D eigenvalue weighted by Crippen LogP contribution is -2.46. The van der Waals surface area contributed by atoms with Gasteiger partial charge in [0.15, 0.2) is 0 Å². The van der Waals surface area contributed by atoms with Gasteiger partial charge in [-0.25, -0.2) is 4.79 Å². The number of rotatable bonds is 9. The van der Waals surface area contributed by atoms with E-state index in [2.05, 4.69) is 37.9 Å². The lowest BCUT2D eigenvalue weighted by atomic mass is 9.75. The average Bonchev–Trinajstić information content (AvgIpc) is 3.12. The second-order valence-electron chi connectivity index (χ2n) is 12.8. The van der Waals surface area contributed by atoms with Gasteiger partial charge in [0.25, 0.3) is 0 Å². The molecular weight excluding hydrogens is 488 g/mol. The van der Waals surface area contributed by atoms with Crippen LogP contribution in [0.5, 0.6) is 0 Å². The summed E-state index contributed by atoms with van der Waals surface area (Å²) in [5.74, 6) is 2.35. The molecule has 4 rings (SSSR count). The molecule has 7 heteroatoms. The summed E-state index contributed by atoms with van der Waals surface area (Å²) in [7, 11) is 0. The van der Waals surface area contributed by atoms with Crippen LogP contribution < -0.4 is 5.32 Å². The van der Waals surface area contributed by atoms with Gasteiger partial charge in [0, 0.05) is 42.0 Å². The Hall–Kier alpha value is -1.27. The van der Waals surface area contributed by atoms with Crippen LogP contribution in [0.3, 0.4) is 0 Å². The van der Waals surface area contributed by atoms with Crippen LogP contribution >= 0.6 is 11.6 Å². The minimum Gasteiger partial charge on any atom is -0.480 e. The Morgan fingerprint density at radius 1 is 1.08 bits per heavy atom. The molecule has 1 aliphatic heterocycles. The minimum absolute atomic E-state index is 0.0284. The molecule has 210 valence electrons. The number of alkyl halides is 1. The Morgan fingerprint density at radius 3 is 2.59 bits per heavy atom. The topological polar surface area (TPSA) is 78.9 Å². The summed E-state index contributed by atoms with van der Waals surface area (Å²) in [4.78, 5) is 26.7. The fourth-order valence-corrected chi connectivity index (χ4v) is 8.03. The largest absolute Gasteiger partial charge is 0.480 e. The summed E-state index contributed by atoms with van der Waals surface area (Å²) in [6, 6.07) is 0.443. The fourth-order valence-electron chi connectivity index (χ4n) is 7.73. The van der Waals surface area contributed by atoms with Gasteiger partial charge in [-0.2, -0.15) is 0 Å². The number of hydrogen-bond donors (Lipinski definition) is 2. The van der Waals surface area contributed by atoms with E-state index in [1.165, 1.54) is 37.0 Å². The molecule has 2 N–H and O–H groups in total. The molecular formula is C30H49ClN2O4. The number of ether oxygens (including phenoxy) is 1. The molecule has 6 nitrogen and oxygen atoms in total. The number of nitrogens with one attached hydrogen (secondary N) is 1. The molecule has 0 bridgehead atoms. The van der Waals surface area contributed by atoms with Crippen molar-refractivity contribution < 1.29 is 19.4 Å². The Kier molecular flexibility index (Phi) is 9.88. The molecule has 0 aromatic carbocycles. The van der Waals surface area contributed by atoms with E-state index in [0.29, 0.717) is 17.9 Å². The molecule has 0 radical (unpaired) electrons. The monoisotopic (exact) mass is 536 g/mol. The van der Waals surface area contributed by atoms with Crippen molar-refractivity contribution in [3.63, 3.8) is 0 Å². The number of amides is 1. The van der Waals surface area contributed by atoms with E-state index in [1.807, 2.05) is 0 Å². The van der Waals surface area contributed by atoms with Crippen molar-refractivity contribution in [2.45, 2.75) is 109 Å². The van der Waals surface area contributed by atoms with Crippen molar-refractivity contribution >= 4 is 23.5 Å². The zero-order valence-corrected chi connectivity index (χ0v) is 24.1. The van der Waals surface area contributed by atoms with E-state index in [4.69, 9.17) is 21.4 Å². The first kappa shape index (κ1) is 28.7. The molecule has 0 spiro atoms. The first-order valence-electron chi connectivity index (χ1n) is 14.8. The lowest BCUT2D eigenvalue weighted by Gasteiger charge is -2.41. The van der Waals surface area contributed by atoms with Crippen molar-refractivity contribution in [3.05, 3.63) is 11.3 Å². The fraction of sp³-hybridized carbons (Fsp3) is 0.867. The normalized spacial score (nSPS) is 36.5. The highest BCUT2D eigenvalue weighted by molar-refractivity contribution is 6.20. The number of carbonyl (C=O) groups is 2. The number of carboxylic acids is 1. The maximum Gasteiger partial charge on any atom is 0.329 e. The van der Waals surface area contributed by atoms with Crippen molar-refractivity contribution in [1.82, 2.24) is 10.2 Å². The number of carboxylic acid groups (broad SMARTS) is 1. The number of carbonyl (C=O) groups excluding carboxylic acids is 1. The van der Waals surface area contributed by atoms with Crippen LogP contribution in [0.15, 0.2) is 11.3 Å². The third-order valence-corrected chi connectivity index (χ3v) is 10.8. The smallest absolute Gasteiger partial charge is 0.329 e. The number of halogens is 1. The molecule has 0 saturated heterocycles. The van der Waals surface area contributed by atoms with Gasteiger partial charge in [-0.05, 0) is 94.5 Å². The Balaban J connectivity index is 1.30. The summed E-state index contributed by atoms with van der Waals surface area (Å²) in [6.07, 6.45) is 10.5. The standard InChI is InChI=1S/C30H49ClN2O4/c1-18(2)22-7-5-6-21(12-22)15-32-30(36)23-8-11-28-26(14-23)19(3)20(4)33(28)16-24-13-25(9-10-27(24)31)37-17-29(34)35/h18,21-28H,5-17H2,1-4H3,(H,32,36)(H,34,35). The SMILES string of the molecule is CC1=C(C)N(CC2CC(OCC(=O)O)CCC2Cl)C2CCC(C(=O)NCC3CCCC(C(C)C)C3)CC12. The highest BCUT2D eigenvalue weighted by Crippen LogP contribution is 2.46. The van der Waals surface area contributed by atoms with Crippen LogP contribution in [0, 0.1) is 35.5 Å². The van der Waals surface area contributed by atoms with Gasteiger partial charge in [0.2, 0.25) is 5.91 Å². The maximum absolute atomic E-state index is 13.2. The summed E-state index contributed by atoms with van der Waals surface area (Å²) in [5.41, 5.74) is 2.77. The van der Waals surface area contributed by atoms with Crippen molar-refractivity contribution in [2.24, 2.45) is 35.5 Å². The second-order valence-corrected chi connectivity index (χ2v) is 13.4. The van der Waals surface area contributed by atoms with E-state index < -0.39 is 5.97 Å². The van der Waals surface area contributed by atoms with Gasteiger partial charge in [0.05, 0.1) is 6.10 Å². The van der Waals surface area contributed by atoms with Crippen molar-refractivity contribution in [2.75, 3.05) is 19.7 Å². The minimum atomic E-state index is -0.916. The van der Waals surface area contributed by atoms with Gasteiger partial charge < -0.3 is 20.1 Å². The molecule has 3 saturated carbocycles. The van der Waals surface area contributed by atoms with Gasteiger partial charge in [-0.15, -0.1) is 11.6 Å². The summed E-state index contributed by atoms with van der Waals surface area (Å²) < 4.78 is 5.63. The molecule has 3 fully saturated rings. The first-order chi connectivity index (χ1) is 17.6. The Labute approximate surface area is 228 Å². The zero-order valence-electron chi connectivity index (χ0n) is 23.4. The van der Waals surface area contributed by atoms with Gasteiger partial charge in [0.1, 0.15) is 6.61 Å². The number of nitrogens with zero attached hydrogens (tertiary/aromatic N) is 1. The van der Waals surface area contributed by atoms with Gasteiger partial charge in [-0.1, -0.05) is 26.7 Å². The molecule has 0 aromatic heterocycles. The summed E-state index contributed by atoms with van der Waals surface area (Å²) >= 11 is 6.77. The Morgan fingerprint density at radius 2 is 1.86 bits per heavy atom. The molecule has 3 aliphatic carbocycles. The highest BCUT2D eigenvalue weighted by Gasteiger charge is 2.44. The molecule has 8 unspecified atom stereocenters. The van der Waals surface area contributed by atoms with Crippen molar-refractivity contribution in [3.8, 4) is 0 Å². The molecule has 1 amide bonds. The van der Waals surface area contributed by atoms with Crippen LogP contribution in [0.25, 0.3) is 0 Å². The number of allylic oxidation sites excluding steroid dienone is 1. The maximum atomic E-state index is 13.2. The molecule has 8 atom stereocenters. The van der Waals surface area contributed by atoms with E-state index >= 15 is 0 Å². The third-order valence-electron chi connectivity index (χ3n) is 10.2. The average molecular weight is 537 g/mol. The van der Waals surface area contributed by atoms with E-state index in [1.54, 1.807) is 0 Å². The second kappa shape index (κ2) is 12.7. The van der Waals surface area contributed by atoms with Crippen LogP contribution in [0.2, 0.25) is 0 Å². The molecule has 4 aliphatic rings. The van der Waals surface area contributed by atoms with Crippen LogP contribution in [0.4, 0.5) is 0 Å². The van der Waals surface area contributed by atoms with E-state index in [-0.39, 0.29) is 35.8 Å². The summed E-state index contributed by atoms with van der Waals surface area (Å²) in [5, 5.41) is 12.4. The van der Waals surface area contributed by atoms with Crippen LogP contribution in [-0.4, -0.2) is 59.1 Å². The molecule has 37 heavy (non-hydrogen) atoms. The predicted octanol–water partition coefficient (Wildman–Crippen LogP) is 5.84. The van der Waals surface area contributed by atoms with Gasteiger partial charge >= 0.3 is 5.97 Å². The number of fused-ring (bicyclic) bond motifs is 1. The molecule has 0 aromatic rings. The van der Waals surface area contributed by atoms with E-state index in [0.717, 1.165) is 63.5 Å². The summed E-state index contributed by atoms with van der Waals surface area (Å²) in [6.45, 7) is 10.6. The first-order valence-corrected chi connectivity index (χ1v) is 15.3. The van der Waals surface area contributed by atoms with Crippen molar-refractivity contribution in [1.29, 1.82) is 0 Å². The van der Waals surface area contributed by atoms with E-state index in [9.17, 15) is 9.59 Å². The lowest BCUT2D eigenvalue weighted by molar-refractivity contribution is -0.145. The molecule has 1 heterocycles. The highest BCUT2D eigenvalue weighted by atomic mass is 35.5. The zero-order chi connectivity index (χ0) is 26.7. The van der Waals surface area contributed by atoms with Crippen LogP contribution in [-0.2, 0) is 14.3 Å². The number of hydrogen-bond acceptors (Lipinski definition) is 4. The van der Waals surface area contributed by atoms with Gasteiger partial charge in [-0.3, -0.25) is 4.79 Å². The van der Waals surface area contributed by atoms with Crippen LogP contribution in [0.1, 0.15) is 91.9 Å². The predicted molar refractivity (Wildman–Crippen MR) is 147 cm³/mol. The quantitative estimate of drug-likeness (QED) is 0.362. The number of aliphatic carboxylic acids is 1. The third kappa shape index (κ3) is 7.03.